The summed E-state index contributed by atoms with van der Waals surface area (Å²) in [6.45, 7) is 0.549. The van der Waals surface area contributed by atoms with E-state index < -0.39 is 6.17 Å². The van der Waals surface area contributed by atoms with Gasteiger partial charge in [0.2, 0.25) is 0 Å². The molecule has 1 rings (SSSR count). The van der Waals surface area contributed by atoms with Gasteiger partial charge in [-0.3, -0.25) is 4.90 Å². The van der Waals surface area contributed by atoms with Crippen LogP contribution >= 0.6 is 23.2 Å². The van der Waals surface area contributed by atoms with Gasteiger partial charge in [-0.25, -0.2) is 4.39 Å². The summed E-state index contributed by atoms with van der Waals surface area (Å²) < 4.78 is 18.9. The molecule has 2 nitrogen and oxygen atoms in total. The first-order chi connectivity index (χ1) is 8.52. The first kappa shape index (κ1) is 15.1. The average molecular weight is 289 g/mol. The molecule has 0 spiro atoms. The number of halogens is 3. The van der Waals surface area contributed by atoms with Crippen LogP contribution in [0.4, 0.5) is 4.39 Å². The molecule has 0 aromatic heterocycles. The van der Waals surface area contributed by atoms with E-state index in [1.54, 1.807) is 30.1 Å². The highest BCUT2D eigenvalue weighted by molar-refractivity contribution is 6.35. The molecule has 0 aliphatic rings. The third kappa shape index (κ3) is 5.14. The largest absolute Gasteiger partial charge is 0.489 e. The minimum absolute atomic E-state index is 0.0732. The predicted octanol–water partition coefficient (Wildman–Crippen LogP) is 3.28. The molecule has 98 valence electrons. The summed E-state index contributed by atoms with van der Waals surface area (Å²) in [5, 5.41) is 0.879. The Morgan fingerprint density at radius 1 is 1.50 bits per heavy atom. The molecule has 0 saturated carbocycles. The summed E-state index contributed by atoms with van der Waals surface area (Å²) in [7, 11) is 1.75. The first-order valence-corrected chi connectivity index (χ1v) is 6.12. The van der Waals surface area contributed by atoms with Crippen LogP contribution in [0.5, 0.6) is 5.75 Å². The van der Waals surface area contributed by atoms with Gasteiger partial charge in [0.1, 0.15) is 18.5 Å². The maximum absolute atomic E-state index is 13.6. The van der Waals surface area contributed by atoms with Crippen molar-refractivity contribution in [3.63, 3.8) is 0 Å². The van der Waals surface area contributed by atoms with Crippen LogP contribution in [-0.4, -0.2) is 37.8 Å². The van der Waals surface area contributed by atoms with E-state index in [9.17, 15) is 4.39 Å². The molecular weight excluding hydrogens is 275 g/mol. The Morgan fingerprint density at radius 3 is 2.83 bits per heavy atom. The van der Waals surface area contributed by atoms with E-state index in [0.717, 1.165) is 0 Å². The number of hydrogen-bond acceptors (Lipinski definition) is 2. The molecular formula is C13H14Cl2FNO. The monoisotopic (exact) mass is 288 g/mol. The topological polar surface area (TPSA) is 12.5 Å². The maximum atomic E-state index is 13.6. The maximum Gasteiger partial charge on any atom is 0.147 e. The molecule has 0 aliphatic heterocycles. The standard InChI is InChI=1S/C13H14Cl2FNO/c1-3-6-17(2)8-11(16)9-18-13-5-4-10(14)7-12(13)15/h1,4-5,7,11H,6,8-9H2,2H3/i16-1. The molecule has 1 aromatic rings. The molecule has 0 heterocycles. The molecule has 0 saturated heterocycles. The van der Waals surface area contributed by atoms with E-state index in [1.807, 2.05) is 0 Å². The zero-order chi connectivity index (χ0) is 13.5. The third-order valence-electron chi connectivity index (χ3n) is 2.18. The highest BCUT2D eigenvalue weighted by Gasteiger charge is 2.11. The van der Waals surface area contributed by atoms with Crippen molar-refractivity contribution >= 4 is 23.2 Å². The number of hydrogen-bond donors (Lipinski definition) is 0. The Kier molecular flexibility index (Phi) is 6.28. The molecule has 0 bridgehead atoms. The first-order valence-electron chi connectivity index (χ1n) is 5.37. The molecule has 18 heavy (non-hydrogen) atoms. The number of alkyl halides is 1. The second-order valence-electron chi connectivity index (χ2n) is 3.88. The lowest BCUT2D eigenvalue weighted by Gasteiger charge is -2.17. The van der Waals surface area contributed by atoms with Gasteiger partial charge in [0.05, 0.1) is 11.6 Å². The van der Waals surface area contributed by atoms with E-state index in [0.29, 0.717) is 22.3 Å². The molecule has 1 unspecified atom stereocenters. The smallest absolute Gasteiger partial charge is 0.147 e. The van der Waals surface area contributed by atoms with Crippen molar-refractivity contribution in [2.24, 2.45) is 0 Å². The molecule has 1 aromatic carbocycles. The van der Waals surface area contributed by atoms with E-state index in [4.69, 9.17) is 34.4 Å². The minimum Gasteiger partial charge on any atom is -0.489 e. The van der Waals surface area contributed by atoms with Gasteiger partial charge in [-0.1, -0.05) is 29.1 Å². The normalized spacial score (nSPS) is 12.2. The fraction of sp³-hybridized carbons (Fsp3) is 0.385. The Morgan fingerprint density at radius 2 is 2.22 bits per heavy atom. The summed E-state index contributed by atoms with van der Waals surface area (Å²) >= 11 is 11.6. The third-order valence-corrected chi connectivity index (χ3v) is 2.72. The van der Waals surface area contributed by atoms with Crippen LogP contribution in [0.3, 0.4) is 0 Å². The zero-order valence-corrected chi connectivity index (χ0v) is 11.5. The number of benzene rings is 1. The quantitative estimate of drug-likeness (QED) is 0.745. The number of ether oxygens (including phenoxy) is 1. The molecule has 0 N–H and O–H groups in total. The SMILES string of the molecule is C#CCN(C)CC([18F])COc1ccc(Cl)cc1Cl. The fourth-order valence-corrected chi connectivity index (χ4v) is 1.85. The van der Waals surface area contributed by atoms with Crippen molar-refractivity contribution in [1.82, 2.24) is 4.90 Å². The van der Waals surface area contributed by atoms with E-state index in [1.165, 1.54) is 0 Å². The van der Waals surface area contributed by atoms with Gasteiger partial charge in [-0.05, 0) is 25.2 Å². The predicted molar refractivity (Wildman–Crippen MR) is 73.2 cm³/mol. The highest BCUT2D eigenvalue weighted by Crippen LogP contribution is 2.27. The van der Waals surface area contributed by atoms with Crippen LogP contribution in [-0.2, 0) is 0 Å². The number of rotatable bonds is 6. The van der Waals surface area contributed by atoms with Gasteiger partial charge in [0, 0.05) is 11.6 Å². The Labute approximate surface area is 117 Å². The summed E-state index contributed by atoms with van der Waals surface area (Å²) in [6, 6.07) is 4.80. The number of terminal acetylenes is 1. The van der Waals surface area contributed by atoms with E-state index in [-0.39, 0.29) is 13.2 Å². The summed E-state index contributed by atoms with van der Waals surface area (Å²) in [4.78, 5) is 1.71. The van der Waals surface area contributed by atoms with Crippen molar-refractivity contribution in [3.8, 4) is 18.1 Å². The molecule has 5 heteroatoms. The van der Waals surface area contributed by atoms with Crippen LogP contribution in [0.25, 0.3) is 0 Å². The van der Waals surface area contributed by atoms with Gasteiger partial charge >= 0.3 is 0 Å². The Bertz CT molecular complexity index is 433. The molecule has 0 radical (unpaired) electrons. The van der Waals surface area contributed by atoms with Gasteiger partial charge in [0.25, 0.3) is 0 Å². The van der Waals surface area contributed by atoms with Crippen molar-refractivity contribution in [1.29, 1.82) is 0 Å². The molecule has 0 amide bonds. The van der Waals surface area contributed by atoms with Crippen LogP contribution < -0.4 is 4.74 Å². The molecule has 0 fully saturated rings. The summed E-state index contributed by atoms with van der Waals surface area (Å²) in [5.41, 5.74) is 0. The van der Waals surface area contributed by atoms with Gasteiger partial charge < -0.3 is 4.74 Å². The second kappa shape index (κ2) is 7.48. The minimum atomic E-state index is -1.13. The van der Waals surface area contributed by atoms with E-state index >= 15 is 0 Å². The number of nitrogens with zero attached hydrogens (tertiary/aromatic N) is 1. The van der Waals surface area contributed by atoms with Crippen molar-refractivity contribution in [3.05, 3.63) is 28.2 Å². The Balaban J connectivity index is 2.43. The van der Waals surface area contributed by atoms with Crippen LogP contribution in [0.1, 0.15) is 0 Å². The average Bonchev–Trinajstić information content (AvgIpc) is 2.28. The van der Waals surface area contributed by atoms with Crippen LogP contribution in [0, 0.1) is 12.3 Å². The van der Waals surface area contributed by atoms with E-state index in [2.05, 4.69) is 5.92 Å². The fourth-order valence-electron chi connectivity index (χ4n) is 1.38. The molecule has 0 aliphatic carbocycles. The van der Waals surface area contributed by atoms with Crippen LogP contribution in [0.15, 0.2) is 18.2 Å². The lowest BCUT2D eigenvalue weighted by molar-refractivity contribution is 0.157. The summed E-state index contributed by atoms with van der Waals surface area (Å²) in [5.74, 6) is 2.86. The van der Waals surface area contributed by atoms with Gasteiger partial charge in [0.15, 0.2) is 0 Å². The summed E-state index contributed by atoms with van der Waals surface area (Å²) in [6.07, 6.45) is 4.00. The zero-order valence-electron chi connectivity index (χ0n) is 10.00. The Hall–Kier alpha value is -0.950. The van der Waals surface area contributed by atoms with Crippen molar-refractivity contribution < 1.29 is 9.13 Å². The molecule has 1 atom stereocenters. The highest BCUT2D eigenvalue weighted by atomic mass is 35.5. The van der Waals surface area contributed by atoms with Crippen molar-refractivity contribution in [2.45, 2.75) is 6.17 Å². The second-order valence-corrected chi connectivity index (χ2v) is 4.73. The van der Waals surface area contributed by atoms with Crippen molar-refractivity contribution in [2.75, 3.05) is 26.7 Å². The van der Waals surface area contributed by atoms with Gasteiger partial charge in [-0.15, -0.1) is 6.42 Å². The lowest BCUT2D eigenvalue weighted by Crippen LogP contribution is -2.30. The lowest BCUT2D eigenvalue weighted by atomic mass is 10.3. The van der Waals surface area contributed by atoms with Gasteiger partial charge in [-0.2, -0.15) is 0 Å². The van der Waals surface area contributed by atoms with Crippen LogP contribution in [0.2, 0.25) is 10.0 Å².